The van der Waals surface area contributed by atoms with E-state index in [4.69, 9.17) is 28.9 Å². The topological polar surface area (TPSA) is 72.2 Å². The van der Waals surface area contributed by atoms with Crippen LogP contribution in [0.1, 0.15) is 5.56 Å². The van der Waals surface area contributed by atoms with Gasteiger partial charge in [0.05, 0.1) is 15.6 Å². The number of sulfonamides is 1. The smallest absolute Gasteiger partial charge is 0.261 e. The first-order valence-electron chi connectivity index (χ1n) is 5.74. The summed E-state index contributed by atoms with van der Waals surface area (Å²) in [5, 5.41) is 0.700. The van der Waals surface area contributed by atoms with Crippen molar-refractivity contribution in [2.75, 3.05) is 10.5 Å². The summed E-state index contributed by atoms with van der Waals surface area (Å²) in [5.74, 6) is 0. The van der Waals surface area contributed by atoms with E-state index in [2.05, 4.69) is 20.7 Å². The van der Waals surface area contributed by atoms with Crippen LogP contribution in [0.25, 0.3) is 0 Å². The van der Waals surface area contributed by atoms with Crippen LogP contribution in [0.15, 0.2) is 39.7 Å². The van der Waals surface area contributed by atoms with E-state index in [9.17, 15) is 8.42 Å². The van der Waals surface area contributed by atoms with Crippen LogP contribution in [0.4, 0.5) is 11.4 Å². The molecular formula is C13H11BrCl2N2O2S. The molecule has 2 aromatic rings. The van der Waals surface area contributed by atoms with E-state index >= 15 is 0 Å². The Hall–Kier alpha value is -0.950. The van der Waals surface area contributed by atoms with Crippen molar-refractivity contribution in [3.05, 3.63) is 50.4 Å². The summed E-state index contributed by atoms with van der Waals surface area (Å²) in [6.45, 7) is 1.78. The van der Waals surface area contributed by atoms with Crippen molar-refractivity contribution in [1.29, 1.82) is 0 Å². The molecule has 112 valence electrons. The highest BCUT2D eigenvalue weighted by atomic mass is 79.9. The Kier molecular flexibility index (Phi) is 4.72. The van der Waals surface area contributed by atoms with Gasteiger partial charge in [-0.05, 0) is 58.7 Å². The molecule has 0 bridgehead atoms. The van der Waals surface area contributed by atoms with Gasteiger partial charge in [-0.1, -0.05) is 23.2 Å². The largest absolute Gasteiger partial charge is 0.398 e. The summed E-state index contributed by atoms with van der Waals surface area (Å²) >= 11 is 15.2. The molecule has 0 spiro atoms. The molecule has 0 aromatic heterocycles. The minimum atomic E-state index is -3.78. The Balaban J connectivity index is 2.42. The van der Waals surface area contributed by atoms with Crippen LogP contribution in [0, 0.1) is 6.92 Å². The standard InChI is InChI=1S/C13H11BrCl2N2O2S/c1-7-4-11(16)13(6-10(7)15)18-21(19,20)8-2-3-12(17)9(14)5-8/h2-6,18H,17H2,1H3. The highest BCUT2D eigenvalue weighted by Gasteiger charge is 2.17. The molecule has 0 aliphatic heterocycles. The summed E-state index contributed by atoms with van der Waals surface area (Å²) in [6, 6.07) is 7.40. The first-order valence-corrected chi connectivity index (χ1v) is 8.77. The third-order valence-electron chi connectivity index (χ3n) is 2.77. The van der Waals surface area contributed by atoms with Crippen molar-refractivity contribution in [3.63, 3.8) is 0 Å². The Bertz CT molecular complexity index is 810. The molecule has 0 aliphatic carbocycles. The maximum Gasteiger partial charge on any atom is 0.261 e. The lowest BCUT2D eigenvalue weighted by atomic mass is 10.2. The summed E-state index contributed by atoms with van der Waals surface area (Å²) in [7, 11) is -3.78. The van der Waals surface area contributed by atoms with Crippen LogP contribution in [0.2, 0.25) is 10.0 Å². The van der Waals surface area contributed by atoms with Gasteiger partial charge in [-0.15, -0.1) is 0 Å². The second-order valence-electron chi connectivity index (χ2n) is 4.37. The lowest BCUT2D eigenvalue weighted by Crippen LogP contribution is -2.13. The SMILES string of the molecule is Cc1cc(Cl)c(NS(=O)(=O)c2ccc(N)c(Br)c2)cc1Cl. The Morgan fingerprint density at radius 2 is 1.81 bits per heavy atom. The normalized spacial score (nSPS) is 11.4. The predicted molar refractivity (Wildman–Crippen MR) is 90.6 cm³/mol. The van der Waals surface area contributed by atoms with Gasteiger partial charge in [0, 0.05) is 15.2 Å². The van der Waals surface area contributed by atoms with Crippen LogP contribution < -0.4 is 10.5 Å². The summed E-state index contributed by atoms with van der Waals surface area (Å²) in [5.41, 5.74) is 7.08. The maximum absolute atomic E-state index is 12.3. The zero-order chi connectivity index (χ0) is 15.8. The molecule has 0 unspecified atom stereocenters. The molecule has 2 rings (SSSR count). The number of nitrogens with two attached hydrogens (primary N) is 1. The number of hydrogen-bond acceptors (Lipinski definition) is 3. The van der Waals surface area contributed by atoms with E-state index in [1.807, 2.05) is 0 Å². The van der Waals surface area contributed by atoms with Crippen molar-refractivity contribution in [2.45, 2.75) is 11.8 Å². The van der Waals surface area contributed by atoms with Gasteiger partial charge in [-0.3, -0.25) is 4.72 Å². The summed E-state index contributed by atoms with van der Waals surface area (Å²) < 4.78 is 27.6. The van der Waals surface area contributed by atoms with Crippen LogP contribution in [-0.2, 0) is 10.0 Å². The van der Waals surface area contributed by atoms with Crippen molar-refractivity contribution in [1.82, 2.24) is 0 Å². The Labute approximate surface area is 141 Å². The fraction of sp³-hybridized carbons (Fsp3) is 0.0769. The fourth-order valence-corrected chi connectivity index (χ4v) is 3.72. The van der Waals surface area contributed by atoms with E-state index in [0.717, 1.165) is 5.56 Å². The number of nitrogen functional groups attached to an aromatic ring is 1. The molecule has 0 saturated heterocycles. The van der Waals surface area contributed by atoms with E-state index in [0.29, 0.717) is 15.2 Å². The number of rotatable bonds is 3. The van der Waals surface area contributed by atoms with Crippen LogP contribution in [-0.4, -0.2) is 8.42 Å². The fourth-order valence-electron chi connectivity index (χ4n) is 1.60. The quantitative estimate of drug-likeness (QED) is 0.735. The number of anilines is 2. The molecule has 0 fully saturated rings. The molecule has 0 amide bonds. The third-order valence-corrected chi connectivity index (χ3v) is 5.54. The minimum Gasteiger partial charge on any atom is -0.398 e. The van der Waals surface area contributed by atoms with E-state index in [1.54, 1.807) is 13.0 Å². The second kappa shape index (κ2) is 6.04. The van der Waals surface area contributed by atoms with Gasteiger partial charge in [0.2, 0.25) is 0 Å². The summed E-state index contributed by atoms with van der Waals surface area (Å²) in [4.78, 5) is 0.0661. The monoisotopic (exact) mass is 408 g/mol. The molecule has 0 saturated carbocycles. The molecule has 4 nitrogen and oxygen atoms in total. The van der Waals surface area contributed by atoms with Gasteiger partial charge in [0.1, 0.15) is 0 Å². The second-order valence-corrected chi connectivity index (χ2v) is 7.72. The number of aryl methyl sites for hydroxylation is 1. The van der Waals surface area contributed by atoms with Crippen molar-refractivity contribution in [2.24, 2.45) is 0 Å². The highest BCUT2D eigenvalue weighted by molar-refractivity contribution is 9.10. The first kappa shape index (κ1) is 16.4. The van der Waals surface area contributed by atoms with Crippen molar-refractivity contribution >= 4 is 60.5 Å². The molecule has 2 aromatic carbocycles. The molecule has 0 radical (unpaired) electrons. The van der Waals surface area contributed by atoms with Crippen LogP contribution >= 0.6 is 39.1 Å². The van der Waals surface area contributed by atoms with E-state index < -0.39 is 10.0 Å². The number of nitrogens with one attached hydrogen (secondary N) is 1. The van der Waals surface area contributed by atoms with Crippen LogP contribution in [0.3, 0.4) is 0 Å². The minimum absolute atomic E-state index is 0.0661. The Morgan fingerprint density at radius 1 is 1.14 bits per heavy atom. The van der Waals surface area contributed by atoms with Gasteiger partial charge in [-0.25, -0.2) is 8.42 Å². The molecule has 0 atom stereocenters. The predicted octanol–water partition coefficient (Wildman–Crippen LogP) is 4.45. The molecule has 8 heteroatoms. The van der Waals surface area contributed by atoms with Gasteiger partial charge < -0.3 is 5.73 Å². The van der Waals surface area contributed by atoms with Gasteiger partial charge in [0.15, 0.2) is 0 Å². The molecular weight excluding hydrogens is 399 g/mol. The molecule has 0 heterocycles. The van der Waals surface area contributed by atoms with Crippen molar-refractivity contribution < 1.29 is 8.42 Å². The highest BCUT2D eigenvalue weighted by Crippen LogP contribution is 2.31. The van der Waals surface area contributed by atoms with Crippen LogP contribution in [0.5, 0.6) is 0 Å². The average molecular weight is 410 g/mol. The number of benzene rings is 2. The lowest BCUT2D eigenvalue weighted by molar-refractivity contribution is 0.601. The van der Waals surface area contributed by atoms with E-state index in [-0.39, 0.29) is 15.6 Å². The molecule has 0 aliphatic rings. The average Bonchev–Trinajstić information content (AvgIpc) is 2.39. The summed E-state index contributed by atoms with van der Waals surface area (Å²) in [6.07, 6.45) is 0. The van der Waals surface area contributed by atoms with Gasteiger partial charge in [0.25, 0.3) is 10.0 Å². The first-order chi connectivity index (χ1) is 9.70. The van der Waals surface area contributed by atoms with Gasteiger partial charge >= 0.3 is 0 Å². The van der Waals surface area contributed by atoms with E-state index in [1.165, 1.54) is 24.3 Å². The number of hydrogen-bond donors (Lipinski definition) is 2. The lowest BCUT2D eigenvalue weighted by Gasteiger charge is -2.12. The van der Waals surface area contributed by atoms with Gasteiger partial charge in [-0.2, -0.15) is 0 Å². The Morgan fingerprint density at radius 3 is 2.43 bits per heavy atom. The number of halogens is 3. The molecule has 21 heavy (non-hydrogen) atoms. The zero-order valence-corrected chi connectivity index (χ0v) is 14.7. The third kappa shape index (κ3) is 3.63. The molecule has 3 N–H and O–H groups in total. The van der Waals surface area contributed by atoms with Crippen molar-refractivity contribution in [3.8, 4) is 0 Å². The maximum atomic E-state index is 12.3. The zero-order valence-electron chi connectivity index (χ0n) is 10.8.